The molecule has 6 heteroatoms. The summed E-state index contributed by atoms with van der Waals surface area (Å²) < 4.78 is 12.9. The van der Waals surface area contributed by atoms with Crippen LogP contribution in [0.4, 0.5) is 0 Å². The van der Waals surface area contributed by atoms with Crippen molar-refractivity contribution in [2.24, 2.45) is 17.8 Å². The normalized spacial score (nSPS) is 41.8. The number of ether oxygens (including phenoxy) is 1. The number of halogens is 2. The van der Waals surface area contributed by atoms with E-state index in [2.05, 4.69) is 43.5 Å². The summed E-state index contributed by atoms with van der Waals surface area (Å²) >= 11 is 1.21. The van der Waals surface area contributed by atoms with E-state index in [1.807, 2.05) is 0 Å². The first-order valence-electron chi connectivity index (χ1n) is 7.61. The van der Waals surface area contributed by atoms with Gasteiger partial charge >= 0.3 is 142 Å². The number of nitrogens with one attached hydrogen (secondary N) is 2. The molecule has 5 atom stereocenters. The summed E-state index contributed by atoms with van der Waals surface area (Å²) in [6.45, 7) is 4.34. The zero-order valence-electron chi connectivity index (χ0n) is 11.9. The van der Waals surface area contributed by atoms with Crippen molar-refractivity contribution in [3.63, 3.8) is 0 Å². The van der Waals surface area contributed by atoms with Crippen molar-refractivity contribution >= 4 is 48.9 Å². The van der Waals surface area contributed by atoms with E-state index >= 15 is 0 Å². The van der Waals surface area contributed by atoms with Crippen molar-refractivity contribution < 1.29 is 9.53 Å². The molecule has 20 heavy (non-hydrogen) atoms. The Kier molecular flexibility index (Phi) is 3.37. The van der Waals surface area contributed by atoms with Gasteiger partial charge in [-0.2, -0.15) is 0 Å². The zero-order chi connectivity index (χ0) is 14.1. The molecule has 2 heterocycles. The predicted molar refractivity (Wildman–Crippen MR) is 94.6 cm³/mol. The van der Waals surface area contributed by atoms with E-state index in [0.717, 1.165) is 18.3 Å². The number of hydrogen-bond donors (Lipinski definition) is 2. The van der Waals surface area contributed by atoms with E-state index in [-0.39, 0.29) is 19.2 Å². The average molecular weight is 504 g/mol. The number of carbonyl (C=O) groups excluding carboxylic acids is 1. The molecule has 2 aliphatic heterocycles. The van der Waals surface area contributed by atoms with Gasteiger partial charge in [0.25, 0.3) is 0 Å². The maximum absolute atomic E-state index is 12.5. The van der Waals surface area contributed by atoms with E-state index < -0.39 is 20.4 Å². The fraction of sp³-hybridized carbons (Fsp3) is 0.929. The van der Waals surface area contributed by atoms with Gasteiger partial charge in [0, 0.05) is 0 Å². The van der Waals surface area contributed by atoms with Crippen LogP contribution >= 0.6 is 43.0 Å². The third-order valence-electron chi connectivity index (χ3n) is 5.81. The second kappa shape index (κ2) is 4.67. The van der Waals surface area contributed by atoms with Gasteiger partial charge in [-0.1, -0.05) is 0 Å². The van der Waals surface area contributed by atoms with Gasteiger partial charge in [0.1, 0.15) is 0 Å². The number of rotatable bonds is 5. The van der Waals surface area contributed by atoms with Crippen LogP contribution in [0.1, 0.15) is 46.0 Å². The average Bonchev–Trinajstić information content (AvgIpc) is 3.17. The van der Waals surface area contributed by atoms with Gasteiger partial charge in [-0.25, -0.2) is 0 Å². The summed E-state index contributed by atoms with van der Waals surface area (Å²) in [4.78, 5) is 12.5. The Morgan fingerprint density at radius 2 is 2.20 bits per heavy atom. The number of fused-ring (bicyclic) bond motifs is 3. The molecule has 114 valence electrons. The van der Waals surface area contributed by atoms with Crippen LogP contribution in [-0.2, 0) is 9.53 Å². The van der Waals surface area contributed by atoms with Crippen LogP contribution in [0.25, 0.3) is 0 Å². The maximum atomic E-state index is 12.5. The van der Waals surface area contributed by atoms with Crippen molar-refractivity contribution in [1.82, 2.24) is 7.06 Å². The van der Waals surface area contributed by atoms with E-state index in [1.54, 1.807) is 0 Å². The van der Waals surface area contributed by atoms with Gasteiger partial charge < -0.3 is 0 Å². The number of hydrogen-bond acceptors (Lipinski definition) is 4. The van der Waals surface area contributed by atoms with E-state index in [4.69, 9.17) is 4.74 Å². The topological polar surface area (TPSA) is 70.2 Å². The van der Waals surface area contributed by atoms with Crippen LogP contribution in [0.5, 0.6) is 0 Å². The van der Waals surface area contributed by atoms with Crippen LogP contribution < -0.4 is 7.06 Å². The van der Waals surface area contributed by atoms with Crippen molar-refractivity contribution in [2.45, 2.75) is 59.1 Å². The Hall–Kier alpha value is 0.850. The van der Waals surface area contributed by atoms with Gasteiger partial charge in [-0.15, -0.1) is 0 Å². The first kappa shape index (κ1) is 14.4. The van der Waals surface area contributed by atoms with Gasteiger partial charge in [0.15, 0.2) is 0 Å². The Labute approximate surface area is 141 Å². The number of esters is 1. The molecule has 4 fully saturated rings. The van der Waals surface area contributed by atoms with Crippen molar-refractivity contribution in [3.8, 4) is 0 Å². The quantitative estimate of drug-likeness (QED) is 0.151. The minimum absolute atomic E-state index is 0.00461. The van der Waals surface area contributed by atoms with Crippen molar-refractivity contribution in [1.29, 1.82) is 0 Å². The first-order chi connectivity index (χ1) is 9.48. The zero-order valence-corrected chi connectivity index (χ0v) is 16.2. The molecule has 5 unspecified atom stereocenters. The van der Waals surface area contributed by atoms with Crippen LogP contribution in [0, 0.1) is 17.8 Å². The van der Waals surface area contributed by atoms with Crippen molar-refractivity contribution in [3.05, 3.63) is 0 Å². The SMILES string of the molecule is CCC(C)(OC(=O)C(I)C12NI1N2)C1CC2CCC1C2. The molecule has 4 nitrogen and oxygen atoms in total. The molecule has 4 rings (SSSR count). The van der Waals surface area contributed by atoms with Gasteiger partial charge in [-0.05, 0) is 0 Å². The summed E-state index contributed by atoms with van der Waals surface area (Å²) in [5.41, 5.74) is -0.250. The molecule has 0 aromatic carbocycles. The molecule has 0 aromatic rings. The van der Waals surface area contributed by atoms with Gasteiger partial charge in [-0.3, -0.25) is 0 Å². The summed E-state index contributed by atoms with van der Waals surface area (Å²) in [5, 5.41) is 0. The van der Waals surface area contributed by atoms with Crippen molar-refractivity contribution in [2.75, 3.05) is 0 Å². The molecular formula is C14H22I2N2O2. The van der Waals surface area contributed by atoms with E-state index in [1.165, 1.54) is 25.7 Å². The number of alkyl halides is 2. The summed E-state index contributed by atoms with van der Waals surface area (Å²) in [6.07, 6.45) is 6.32. The Balaban J connectivity index is 1.45. The monoisotopic (exact) mass is 504 g/mol. The molecule has 2 bridgehead atoms. The van der Waals surface area contributed by atoms with Crippen LogP contribution in [-0.4, -0.2) is 19.2 Å². The molecule has 4 aliphatic rings. The summed E-state index contributed by atoms with van der Waals surface area (Å²) in [7, 11) is 0. The molecule has 0 aromatic heterocycles. The Morgan fingerprint density at radius 3 is 2.65 bits per heavy atom. The third-order valence-corrected chi connectivity index (χ3v) is 13.0. The second-order valence-corrected chi connectivity index (χ2v) is 12.6. The molecule has 0 spiro atoms. The first-order valence-corrected chi connectivity index (χ1v) is 12.1. The Bertz CT molecular complexity index is 454. The Morgan fingerprint density at radius 1 is 1.50 bits per heavy atom. The summed E-state index contributed by atoms with van der Waals surface area (Å²) in [6, 6.07) is 0. The van der Waals surface area contributed by atoms with Crippen LogP contribution in [0.2, 0.25) is 0 Å². The number of carbonyl (C=O) groups is 1. The molecule has 0 radical (unpaired) electrons. The fourth-order valence-corrected chi connectivity index (χ4v) is 11.6. The van der Waals surface area contributed by atoms with Crippen LogP contribution in [0.3, 0.4) is 0 Å². The predicted octanol–water partition coefficient (Wildman–Crippen LogP) is 3.13. The van der Waals surface area contributed by atoms with Gasteiger partial charge in [0.05, 0.1) is 0 Å². The molecular weight excluding hydrogens is 482 g/mol. The van der Waals surface area contributed by atoms with Crippen LogP contribution in [0.15, 0.2) is 0 Å². The summed E-state index contributed by atoms with van der Waals surface area (Å²) in [5.74, 6) is 2.28. The standard InChI is InChI=1S/C14H22I2N2O2/c1-3-13(2,10-7-8-4-5-9(10)6-8)20-12(19)11(15)14-16(17-14)18-14/h8-11,17-18H,3-7H2,1-2H3. The third kappa shape index (κ3) is 2.07. The molecule has 2 N–H and O–H groups in total. The second-order valence-electron chi connectivity index (χ2n) is 6.92. The molecule has 2 saturated carbocycles. The molecule has 0 amide bonds. The van der Waals surface area contributed by atoms with E-state index in [9.17, 15) is 4.79 Å². The van der Waals surface area contributed by atoms with E-state index in [0.29, 0.717) is 5.92 Å². The molecule has 2 saturated heterocycles. The fourth-order valence-electron chi connectivity index (χ4n) is 4.28. The van der Waals surface area contributed by atoms with Gasteiger partial charge in [0.2, 0.25) is 0 Å². The molecule has 2 aliphatic carbocycles. The minimum atomic E-state index is -1.06.